The summed E-state index contributed by atoms with van der Waals surface area (Å²) in [6.45, 7) is 8.32. The van der Waals surface area contributed by atoms with E-state index in [0.717, 1.165) is 29.7 Å². The van der Waals surface area contributed by atoms with Gasteiger partial charge in [-0.3, -0.25) is 0 Å². The van der Waals surface area contributed by atoms with Crippen LogP contribution in [0.5, 0.6) is 0 Å². The first-order chi connectivity index (χ1) is 8.16. The molecule has 0 aliphatic rings. The lowest BCUT2D eigenvalue weighted by atomic mass is 10.2. The van der Waals surface area contributed by atoms with Crippen molar-refractivity contribution in [2.24, 2.45) is 0 Å². The number of fused-ring (bicyclic) bond motifs is 1. The van der Waals surface area contributed by atoms with Gasteiger partial charge in [0.2, 0.25) is 0 Å². The molecule has 0 aromatic carbocycles. The van der Waals surface area contributed by atoms with Crippen LogP contribution in [0.15, 0.2) is 6.33 Å². The van der Waals surface area contributed by atoms with E-state index in [1.807, 2.05) is 6.92 Å². The molecule has 92 valence electrons. The molecule has 2 heterocycles. The Hall–Kier alpha value is -1.62. The van der Waals surface area contributed by atoms with Crippen LogP contribution in [-0.2, 0) is 11.3 Å². The van der Waals surface area contributed by atoms with Gasteiger partial charge in [0.25, 0.3) is 0 Å². The Balaban J connectivity index is 2.48. The third-order valence-electron chi connectivity index (χ3n) is 3.10. The Labute approximate surface area is 101 Å². The topological polar surface area (TPSA) is 66.0 Å². The van der Waals surface area contributed by atoms with Crippen LogP contribution in [0, 0.1) is 13.8 Å². The average molecular weight is 234 g/mol. The number of anilines is 1. The number of nitrogens with two attached hydrogens (primary N) is 1. The Bertz CT molecular complexity index is 533. The molecular weight excluding hydrogens is 216 g/mol. The molecule has 0 bridgehead atoms. The summed E-state index contributed by atoms with van der Waals surface area (Å²) in [6, 6.07) is 0. The Morgan fingerprint density at radius 3 is 2.82 bits per heavy atom. The fraction of sp³-hybridized carbons (Fsp3) is 0.500. The molecule has 0 saturated carbocycles. The van der Waals surface area contributed by atoms with Gasteiger partial charge < -0.3 is 15.0 Å². The minimum Gasteiger partial charge on any atom is -0.383 e. The van der Waals surface area contributed by atoms with E-state index in [4.69, 9.17) is 10.5 Å². The number of nitrogens with zero attached hydrogens (tertiary/aromatic N) is 3. The van der Waals surface area contributed by atoms with E-state index >= 15 is 0 Å². The highest BCUT2D eigenvalue weighted by Gasteiger charge is 2.14. The van der Waals surface area contributed by atoms with Crippen LogP contribution >= 0.6 is 0 Å². The van der Waals surface area contributed by atoms with Crippen LogP contribution < -0.4 is 5.73 Å². The molecule has 0 amide bonds. The fourth-order valence-corrected chi connectivity index (χ4v) is 2.07. The van der Waals surface area contributed by atoms with Gasteiger partial charge in [0.05, 0.1) is 12.0 Å². The van der Waals surface area contributed by atoms with Crippen LogP contribution in [0.4, 0.5) is 5.82 Å². The maximum atomic E-state index is 5.90. The van der Waals surface area contributed by atoms with Crippen molar-refractivity contribution < 1.29 is 4.74 Å². The number of aromatic nitrogens is 3. The number of rotatable bonds is 4. The van der Waals surface area contributed by atoms with Crippen molar-refractivity contribution in [3.63, 3.8) is 0 Å². The zero-order valence-corrected chi connectivity index (χ0v) is 10.5. The maximum Gasteiger partial charge on any atom is 0.146 e. The third-order valence-corrected chi connectivity index (χ3v) is 3.10. The van der Waals surface area contributed by atoms with E-state index < -0.39 is 0 Å². The fourth-order valence-electron chi connectivity index (χ4n) is 2.07. The highest BCUT2D eigenvalue weighted by molar-refractivity contribution is 5.90. The molecule has 0 fully saturated rings. The van der Waals surface area contributed by atoms with Gasteiger partial charge in [-0.15, -0.1) is 0 Å². The van der Waals surface area contributed by atoms with Crippen molar-refractivity contribution in [2.45, 2.75) is 27.3 Å². The molecule has 2 rings (SSSR count). The lowest BCUT2D eigenvalue weighted by Gasteiger charge is -2.07. The van der Waals surface area contributed by atoms with Crippen LogP contribution in [-0.4, -0.2) is 27.7 Å². The van der Waals surface area contributed by atoms with Crippen LogP contribution in [0.25, 0.3) is 11.0 Å². The van der Waals surface area contributed by atoms with Gasteiger partial charge in [-0.1, -0.05) is 0 Å². The van der Waals surface area contributed by atoms with Crippen molar-refractivity contribution in [1.29, 1.82) is 0 Å². The average Bonchev–Trinajstić information content (AvgIpc) is 2.55. The second-order valence-corrected chi connectivity index (χ2v) is 4.02. The molecular formula is C12H18N4O. The molecule has 0 atom stereocenters. The second-order valence-electron chi connectivity index (χ2n) is 4.02. The van der Waals surface area contributed by atoms with Crippen molar-refractivity contribution in [2.75, 3.05) is 18.9 Å². The predicted molar refractivity (Wildman–Crippen MR) is 67.9 cm³/mol. The maximum absolute atomic E-state index is 5.90. The smallest absolute Gasteiger partial charge is 0.146 e. The first-order valence-electron chi connectivity index (χ1n) is 5.80. The number of aryl methyl sites for hydroxylation is 1. The molecule has 0 spiro atoms. The summed E-state index contributed by atoms with van der Waals surface area (Å²) in [7, 11) is 0. The molecule has 2 aromatic heterocycles. The molecule has 5 heteroatoms. The van der Waals surface area contributed by atoms with Gasteiger partial charge in [0.1, 0.15) is 17.8 Å². The summed E-state index contributed by atoms with van der Waals surface area (Å²) in [5.41, 5.74) is 9.11. The third kappa shape index (κ3) is 1.98. The zero-order chi connectivity index (χ0) is 12.4. The van der Waals surface area contributed by atoms with Gasteiger partial charge in [-0.2, -0.15) is 0 Å². The van der Waals surface area contributed by atoms with E-state index in [0.29, 0.717) is 12.4 Å². The predicted octanol–water partition coefficient (Wildman–Crippen LogP) is 1.67. The van der Waals surface area contributed by atoms with Gasteiger partial charge in [-0.25, -0.2) is 9.97 Å². The molecule has 2 aromatic rings. The second kappa shape index (κ2) is 4.71. The quantitative estimate of drug-likeness (QED) is 0.817. The Morgan fingerprint density at radius 2 is 2.12 bits per heavy atom. The highest BCUT2D eigenvalue weighted by Crippen LogP contribution is 2.26. The van der Waals surface area contributed by atoms with Crippen molar-refractivity contribution in [1.82, 2.24) is 14.5 Å². The lowest BCUT2D eigenvalue weighted by molar-refractivity contribution is 0.139. The number of hydrogen-bond donors (Lipinski definition) is 1. The molecule has 0 saturated heterocycles. The molecule has 0 aliphatic heterocycles. The van der Waals surface area contributed by atoms with Crippen molar-refractivity contribution >= 4 is 16.9 Å². The summed E-state index contributed by atoms with van der Waals surface area (Å²) in [5, 5.41) is 0.960. The first kappa shape index (κ1) is 11.9. The standard InChI is InChI=1S/C12H18N4O/c1-4-17-6-5-16-9(3)8(2)10-11(13)14-7-15-12(10)16/h7H,4-6H2,1-3H3,(H2,13,14,15). The summed E-state index contributed by atoms with van der Waals surface area (Å²) in [5.74, 6) is 0.547. The summed E-state index contributed by atoms with van der Waals surface area (Å²) in [6.07, 6.45) is 1.51. The van der Waals surface area contributed by atoms with E-state index in [-0.39, 0.29) is 0 Å². The molecule has 2 N–H and O–H groups in total. The van der Waals surface area contributed by atoms with Crippen LogP contribution in [0.2, 0.25) is 0 Å². The van der Waals surface area contributed by atoms with Gasteiger partial charge in [0, 0.05) is 18.8 Å². The molecule has 0 unspecified atom stereocenters. The van der Waals surface area contributed by atoms with Crippen LogP contribution in [0.3, 0.4) is 0 Å². The number of hydrogen-bond acceptors (Lipinski definition) is 4. The summed E-state index contributed by atoms with van der Waals surface area (Å²) < 4.78 is 7.52. The minimum absolute atomic E-state index is 0.547. The molecule has 0 aliphatic carbocycles. The molecule has 5 nitrogen and oxygen atoms in total. The lowest BCUT2D eigenvalue weighted by Crippen LogP contribution is -2.08. The van der Waals surface area contributed by atoms with Crippen molar-refractivity contribution in [3.05, 3.63) is 17.6 Å². The highest BCUT2D eigenvalue weighted by atomic mass is 16.5. The largest absolute Gasteiger partial charge is 0.383 e. The summed E-state index contributed by atoms with van der Waals surface area (Å²) in [4.78, 5) is 8.36. The van der Waals surface area contributed by atoms with E-state index in [1.54, 1.807) is 0 Å². The van der Waals surface area contributed by atoms with Gasteiger partial charge >= 0.3 is 0 Å². The van der Waals surface area contributed by atoms with Gasteiger partial charge in [0.15, 0.2) is 0 Å². The van der Waals surface area contributed by atoms with Crippen molar-refractivity contribution in [3.8, 4) is 0 Å². The number of nitrogen functional groups attached to an aromatic ring is 1. The van der Waals surface area contributed by atoms with E-state index in [9.17, 15) is 0 Å². The van der Waals surface area contributed by atoms with E-state index in [2.05, 4.69) is 28.4 Å². The Morgan fingerprint density at radius 1 is 1.35 bits per heavy atom. The molecule has 17 heavy (non-hydrogen) atoms. The minimum atomic E-state index is 0.547. The monoisotopic (exact) mass is 234 g/mol. The first-order valence-corrected chi connectivity index (χ1v) is 5.80. The normalized spacial score (nSPS) is 11.2. The van der Waals surface area contributed by atoms with E-state index in [1.165, 1.54) is 12.0 Å². The van der Waals surface area contributed by atoms with Crippen LogP contribution in [0.1, 0.15) is 18.2 Å². The number of ether oxygens (including phenoxy) is 1. The van der Waals surface area contributed by atoms with Gasteiger partial charge in [-0.05, 0) is 26.3 Å². The summed E-state index contributed by atoms with van der Waals surface area (Å²) >= 11 is 0. The zero-order valence-electron chi connectivity index (χ0n) is 10.5. The SMILES string of the molecule is CCOCCn1c(C)c(C)c2c(N)ncnc21. The molecule has 0 radical (unpaired) electrons. The Kier molecular flexibility index (Phi) is 3.28.